The summed E-state index contributed by atoms with van der Waals surface area (Å²) in [5.41, 5.74) is 1.30. The van der Waals surface area contributed by atoms with E-state index < -0.39 is 0 Å². The Morgan fingerprint density at radius 3 is 3.15 bits per heavy atom. The van der Waals surface area contributed by atoms with Crippen LogP contribution in [0.15, 0.2) is 18.3 Å². The SMILES string of the molecule is CCNC(C)c1cccnc1N1CCCC(COC)C1. The molecule has 0 aromatic carbocycles. The van der Waals surface area contributed by atoms with Crippen LogP contribution in [0.3, 0.4) is 0 Å². The van der Waals surface area contributed by atoms with Crippen LogP contribution in [-0.4, -0.2) is 38.3 Å². The van der Waals surface area contributed by atoms with Gasteiger partial charge in [0, 0.05) is 38.0 Å². The van der Waals surface area contributed by atoms with Gasteiger partial charge in [-0.1, -0.05) is 13.0 Å². The second-order valence-corrected chi connectivity index (χ2v) is 5.61. The van der Waals surface area contributed by atoms with Crippen LogP contribution in [0.25, 0.3) is 0 Å². The van der Waals surface area contributed by atoms with E-state index in [9.17, 15) is 0 Å². The number of piperidine rings is 1. The Morgan fingerprint density at radius 1 is 1.55 bits per heavy atom. The smallest absolute Gasteiger partial charge is 0.133 e. The number of pyridine rings is 1. The standard InChI is InChI=1S/C16H27N3O/c1-4-17-13(2)15-8-5-9-18-16(15)19-10-6-7-14(11-19)12-20-3/h5,8-9,13-14,17H,4,6-7,10-12H2,1-3H3. The largest absolute Gasteiger partial charge is 0.384 e. The van der Waals surface area contributed by atoms with Crippen LogP contribution in [-0.2, 0) is 4.74 Å². The van der Waals surface area contributed by atoms with Crippen LogP contribution in [0.2, 0.25) is 0 Å². The number of nitrogens with one attached hydrogen (secondary N) is 1. The highest BCUT2D eigenvalue weighted by Gasteiger charge is 2.23. The van der Waals surface area contributed by atoms with Gasteiger partial charge in [-0.05, 0) is 38.3 Å². The van der Waals surface area contributed by atoms with Crippen LogP contribution in [0.5, 0.6) is 0 Å². The molecule has 1 aliphatic heterocycles. The van der Waals surface area contributed by atoms with Crippen LogP contribution >= 0.6 is 0 Å². The molecule has 1 aliphatic rings. The summed E-state index contributed by atoms with van der Waals surface area (Å²) in [6, 6.07) is 4.56. The molecular weight excluding hydrogens is 250 g/mol. The number of rotatable bonds is 6. The number of ether oxygens (including phenoxy) is 1. The Bertz CT molecular complexity index is 408. The second-order valence-electron chi connectivity index (χ2n) is 5.61. The number of hydrogen-bond acceptors (Lipinski definition) is 4. The van der Waals surface area contributed by atoms with Gasteiger partial charge in [0.1, 0.15) is 5.82 Å². The molecule has 4 heteroatoms. The first kappa shape index (κ1) is 15.3. The minimum atomic E-state index is 0.339. The van der Waals surface area contributed by atoms with Crippen molar-refractivity contribution in [3.05, 3.63) is 23.9 Å². The summed E-state index contributed by atoms with van der Waals surface area (Å²) in [7, 11) is 1.79. The normalized spacial score (nSPS) is 20.9. The van der Waals surface area contributed by atoms with Gasteiger partial charge in [-0.25, -0.2) is 4.98 Å². The zero-order chi connectivity index (χ0) is 14.4. The molecule has 0 spiro atoms. The fourth-order valence-electron chi connectivity index (χ4n) is 3.06. The summed E-state index contributed by atoms with van der Waals surface area (Å²) in [4.78, 5) is 7.07. The van der Waals surface area contributed by atoms with Gasteiger partial charge in [0.2, 0.25) is 0 Å². The summed E-state index contributed by atoms with van der Waals surface area (Å²) in [6.45, 7) is 8.33. The monoisotopic (exact) mass is 277 g/mol. The average Bonchev–Trinajstić information content (AvgIpc) is 2.48. The van der Waals surface area contributed by atoms with Crippen molar-refractivity contribution >= 4 is 5.82 Å². The van der Waals surface area contributed by atoms with Gasteiger partial charge in [0.15, 0.2) is 0 Å². The summed E-state index contributed by atoms with van der Waals surface area (Å²) in [6.07, 6.45) is 4.38. The van der Waals surface area contributed by atoms with E-state index in [-0.39, 0.29) is 0 Å². The number of aromatic nitrogens is 1. The maximum atomic E-state index is 5.32. The molecule has 0 saturated carbocycles. The van der Waals surface area contributed by atoms with Crippen LogP contribution in [0.1, 0.15) is 38.3 Å². The molecule has 2 rings (SSSR count). The number of nitrogens with zero attached hydrogens (tertiary/aromatic N) is 2. The third-order valence-electron chi connectivity index (χ3n) is 4.01. The minimum absolute atomic E-state index is 0.339. The fourth-order valence-corrected chi connectivity index (χ4v) is 3.06. The highest BCUT2D eigenvalue weighted by molar-refractivity contribution is 5.48. The molecule has 0 radical (unpaired) electrons. The van der Waals surface area contributed by atoms with E-state index in [2.05, 4.69) is 35.1 Å². The molecule has 1 saturated heterocycles. The molecule has 2 heterocycles. The van der Waals surface area contributed by atoms with Gasteiger partial charge >= 0.3 is 0 Å². The number of hydrogen-bond donors (Lipinski definition) is 1. The molecule has 1 fully saturated rings. The topological polar surface area (TPSA) is 37.4 Å². The lowest BCUT2D eigenvalue weighted by Gasteiger charge is -2.35. The number of methoxy groups -OCH3 is 1. The quantitative estimate of drug-likeness (QED) is 0.867. The third-order valence-corrected chi connectivity index (χ3v) is 4.01. The van der Waals surface area contributed by atoms with Gasteiger partial charge in [-0.15, -0.1) is 0 Å². The summed E-state index contributed by atoms with van der Waals surface area (Å²) < 4.78 is 5.32. The Balaban J connectivity index is 2.14. The first-order valence-corrected chi connectivity index (χ1v) is 7.68. The molecule has 1 aromatic rings. The van der Waals surface area contributed by atoms with E-state index in [1.54, 1.807) is 7.11 Å². The molecule has 0 aliphatic carbocycles. The van der Waals surface area contributed by atoms with E-state index in [4.69, 9.17) is 4.74 Å². The molecule has 0 bridgehead atoms. The molecule has 1 N–H and O–H groups in total. The van der Waals surface area contributed by atoms with Crippen LogP contribution in [0, 0.1) is 5.92 Å². The van der Waals surface area contributed by atoms with Crippen molar-refractivity contribution in [3.8, 4) is 0 Å². The molecule has 4 nitrogen and oxygen atoms in total. The first-order chi connectivity index (χ1) is 9.76. The highest BCUT2D eigenvalue weighted by atomic mass is 16.5. The van der Waals surface area contributed by atoms with Crippen molar-refractivity contribution < 1.29 is 4.74 Å². The zero-order valence-electron chi connectivity index (χ0n) is 12.9. The predicted molar refractivity (Wildman–Crippen MR) is 83.1 cm³/mol. The molecular formula is C16H27N3O. The van der Waals surface area contributed by atoms with Crippen molar-refractivity contribution in [3.63, 3.8) is 0 Å². The Hall–Kier alpha value is -1.13. The van der Waals surface area contributed by atoms with Gasteiger partial charge in [0.25, 0.3) is 0 Å². The molecule has 0 amide bonds. The van der Waals surface area contributed by atoms with Crippen LogP contribution in [0.4, 0.5) is 5.82 Å². The van der Waals surface area contributed by atoms with E-state index in [1.165, 1.54) is 18.4 Å². The summed E-state index contributed by atoms with van der Waals surface area (Å²) in [5.74, 6) is 1.76. The van der Waals surface area contributed by atoms with Crippen molar-refractivity contribution in [2.75, 3.05) is 38.3 Å². The third kappa shape index (κ3) is 3.70. The minimum Gasteiger partial charge on any atom is -0.384 e. The first-order valence-electron chi connectivity index (χ1n) is 7.68. The van der Waals surface area contributed by atoms with E-state index >= 15 is 0 Å². The maximum absolute atomic E-state index is 5.32. The lowest BCUT2D eigenvalue weighted by molar-refractivity contribution is 0.143. The summed E-state index contributed by atoms with van der Waals surface area (Å²) >= 11 is 0. The second kappa shape index (κ2) is 7.60. The lowest BCUT2D eigenvalue weighted by Crippen LogP contribution is -2.38. The Morgan fingerprint density at radius 2 is 2.40 bits per heavy atom. The predicted octanol–water partition coefficient (Wildman–Crippen LogP) is 2.61. The average molecular weight is 277 g/mol. The van der Waals surface area contributed by atoms with E-state index in [0.29, 0.717) is 12.0 Å². The zero-order valence-corrected chi connectivity index (χ0v) is 12.9. The van der Waals surface area contributed by atoms with Gasteiger partial charge < -0.3 is 15.0 Å². The molecule has 1 aromatic heterocycles. The Kier molecular flexibility index (Phi) is 5.80. The van der Waals surface area contributed by atoms with Gasteiger partial charge in [0.05, 0.1) is 6.61 Å². The van der Waals surface area contributed by atoms with Crippen molar-refractivity contribution in [2.24, 2.45) is 5.92 Å². The van der Waals surface area contributed by atoms with Crippen molar-refractivity contribution in [1.29, 1.82) is 0 Å². The summed E-state index contributed by atoms with van der Waals surface area (Å²) in [5, 5.41) is 3.49. The van der Waals surface area contributed by atoms with E-state index in [0.717, 1.165) is 32.1 Å². The number of anilines is 1. The van der Waals surface area contributed by atoms with Crippen molar-refractivity contribution in [1.82, 2.24) is 10.3 Å². The molecule has 2 unspecified atom stereocenters. The van der Waals surface area contributed by atoms with Crippen molar-refractivity contribution in [2.45, 2.75) is 32.7 Å². The lowest BCUT2D eigenvalue weighted by atomic mass is 9.98. The maximum Gasteiger partial charge on any atom is 0.133 e. The molecule has 20 heavy (non-hydrogen) atoms. The van der Waals surface area contributed by atoms with E-state index in [1.807, 2.05) is 12.3 Å². The van der Waals surface area contributed by atoms with Gasteiger partial charge in [-0.3, -0.25) is 0 Å². The fraction of sp³-hybridized carbons (Fsp3) is 0.688. The highest BCUT2D eigenvalue weighted by Crippen LogP contribution is 2.28. The van der Waals surface area contributed by atoms with Crippen LogP contribution < -0.4 is 10.2 Å². The van der Waals surface area contributed by atoms with Gasteiger partial charge in [-0.2, -0.15) is 0 Å². The molecule has 112 valence electrons. The molecule has 2 atom stereocenters. The Labute approximate surface area is 122 Å².